The molecule has 2 aromatic carbocycles. The second-order valence-electron chi connectivity index (χ2n) is 4.50. The van der Waals surface area contributed by atoms with Gasteiger partial charge in [0.05, 0.1) is 13.7 Å². The SMILES string of the molecule is CCOc1cc(CNc2ccc(SC)cc2)ccc1OC. The zero-order valence-corrected chi connectivity index (χ0v) is 13.5. The lowest BCUT2D eigenvalue weighted by atomic mass is 10.2. The predicted molar refractivity (Wildman–Crippen MR) is 89.7 cm³/mol. The fourth-order valence-corrected chi connectivity index (χ4v) is 2.42. The lowest BCUT2D eigenvalue weighted by Gasteiger charge is -2.12. The van der Waals surface area contributed by atoms with Crippen molar-refractivity contribution < 1.29 is 9.47 Å². The maximum atomic E-state index is 5.60. The summed E-state index contributed by atoms with van der Waals surface area (Å²) in [7, 11) is 1.66. The van der Waals surface area contributed by atoms with E-state index in [-0.39, 0.29) is 0 Å². The van der Waals surface area contributed by atoms with E-state index < -0.39 is 0 Å². The number of methoxy groups -OCH3 is 1. The van der Waals surface area contributed by atoms with Gasteiger partial charge in [-0.15, -0.1) is 11.8 Å². The van der Waals surface area contributed by atoms with E-state index in [1.807, 2.05) is 25.1 Å². The Balaban J connectivity index is 2.03. The Kier molecular flexibility index (Phi) is 5.81. The van der Waals surface area contributed by atoms with Crippen LogP contribution in [-0.4, -0.2) is 20.0 Å². The molecule has 4 heteroatoms. The summed E-state index contributed by atoms with van der Waals surface area (Å²) in [6.45, 7) is 3.35. The molecule has 1 N–H and O–H groups in total. The molecule has 0 aromatic heterocycles. The van der Waals surface area contributed by atoms with Gasteiger partial charge in [-0.1, -0.05) is 6.07 Å². The van der Waals surface area contributed by atoms with Gasteiger partial charge in [-0.05, 0) is 55.1 Å². The average molecular weight is 303 g/mol. The van der Waals surface area contributed by atoms with Gasteiger partial charge in [-0.25, -0.2) is 0 Å². The molecule has 2 rings (SSSR count). The Hall–Kier alpha value is -1.81. The third-order valence-corrected chi connectivity index (χ3v) is 3.86. The number of nitrogens with one attached hydrogen (secondary N) is 1. The van der Waals surface area contributed by atoms with Crippen LogP contribution in [0.4, 0.5) is 5.69 Å². The van der Waals surface area contributed by atoms with E-state index in [4.69, 9.17) is 9.47 Å². The van der Waals surface area contributed by atoms with E-state index in [9.17, 15) is 0 Å². The highest BCUT2D eigenvalue weighted by molar-refractivity contribution is 7.98. The van der Waals surface area contributed by atoms with Crippen molar-refractivity contribution in [2.45, 2.75) is 18.4 Å². The molecule has 0 saturated heterocycles. The molecule has 0 fully saturated rings. The van der Waals surface area contributed by atoms with Crippen LogP contribution in [0.25, 0.3) is 0 Å². The molecule has 0 heterocycles. The van der Waals surface area contributed by atoms with Crippen LogP contribution in [-0.2, 0) is 6.54 Å². The minimum Gasteiger partial charge on any atom is -0.493 e. The van der Waals surface area contributed by atoms with Crippen LogP contribution in [0.1, 0.15) is 12.5 Å². The average Bonchev–Trinajstić information content (AvgIpc) is 2.54. The first-order valence-corrected chi connectivity index (χ1v) is 8.17. The molecule has 0 bridgehead atoms. The van der Waals surface area contributed by atoms with Gasteiger partial charge in [-0.2, -0.15) is 0 Å². The van der Waals surface area contributed by atoms with E-state index in [0.717, 1.165) is 29.3 Å². The maximum absolute atomic E-state index is 5.60. The summed E-state index contributed by atoms with van der Waals surface area (Å²) < 4.78 is 10.9. The van der Waals surface area contributed by atoms with Crippen molar-refractivity contribution in [3.63, 3.8) is 0 Å². The van der Waals surface area contributed by atoms with Crippen LogP contribution in [0.15, 0.2) is 47.4 Å². The van der Waals surface area contributed by atoms with Crippen molar-refractivity contribution in [2.24, 2.45) is 0 Å². The molecule has 0 spiro atoms. The van der Waals surface area contributed by atoms with Gasteiger partial charge in [0.2, 0.25) is 0 Å². The molecule has 21 heavy (non-hydrogen) atoms. The van der Waals surface area contributed by atoms with Crippen molar-refractivity contribution >= 4 is 17.4 Å². The number of ether oxygens (including phenoxy) is 2. The number of benzene rings is 2. The molecular weight excluding hydrogens is 282 g/mol. The van der Waals surface area contributed by atoms with Gasteiger partial charge in [0, 0.05) is 17.1 Å². The number of hydrogen-bond donors (Lipinski definition) is 1. The van der Waals surface area contributed by atoms with Crippen LogP contribution >= 0.6 is 11.8 Å². The summed E-state index contributed by atoms with van der Waals surface area (Å²) in [4.78, 5) is 1.27. The number of hydrogen-bond acceptors (Lipinski definition) is 4. The summed E-state index contributed by atoms with van der Waals surface area (Å²) >= 11 is 1.75. The molecule has 3 nitrogen and oxygen atoms in total. The molecule has 0 aliphatic heterocycles. The first-order valence-electron chi connectivity index (χ1n) is 6.94. The summed E-state index contributed by atoms with van der Waals surface area (Å²) in [5.74, 6) is 1.56. The first-order chi connectivity index (χ1) is 10.3. The van der Waals surface area contributed by atoms with Gasteiger partial charge in [0.15, 0.2) is 11.5 Å². The lowest BCUT2D eigenvalue weighted by molar-refractivity contribution is 0.310. The standard InChI is InChI=1S/C17H21NO2S/c1-4-20-17-11-13(5-10-16(17)19-2)12-18-14-6-8-15(21-3)9-7-14/h5-11,18H,4,12H2,1-3H3. The third kappa shape index (κ3) is 4.33. The highest BCUT2D eigenvalue weighted by Gasteiger charge is 2.05. The van der Waals surface area contributed by atoms with Crippen LogP contribution in [0.2, 0.25) is 0 Å². The van der Waals surface area contributed by atoms with Crippen molar-refractivity contribution in [3.8, 4) is 11.5 Å². The lowest BCUT2D eigenvalue weighted by Crippen LogP contribution is -2.01. The highest BCUT2D eigenvalue weighted by atomic mass is 32.2. The van der Waals surface area contributed by atoms with Crippen LogP contribution in [0.3, 0.4) is 0 Å². The van der Waals surface area contributed by atoms with Crippen LogP contribution in [0, 0.1) is 0 Å². The minimum absolute atomic E-state index is 0.628. The van der Waals surface area contributed by atoms with E-state index in [1.165, 1.54) is 4.90 Å². The molecule has 0 aliphatic rings. The van der Waals surface area contributed by atoms with Gasteiger partial charge < -0.3 is 14.8 Å². The molecule has 112 valence electrons. The summed E-state index contributed by atoms with van der Waals surface area (Å²) in [6, 6.07) is 14.4. The molecule has 0 saturated carbocycles. The summed E-state index contributed by atoms with van der Waals surface area (Å²) in [5.41, 5.74) is 2.27. The molecule has 0 unspecified atom stereocenters. The Morgan fingerprint density at radius 1 is 1.05 bits per heavy atom. The fourth-order valence-electron chi connectivity index (χ4n) is 2.01. The quantitative estimate of drug-likeness (QED) is 0.767. The predicted octanol–water partition coefficient (Wildman–Crippen LogP) is 4.43. The highest BCUT2D eigenvalue weighted by Crippen LogP contribution is 2.28. The number of anilines is 1. The number of rotatable bonds is 7. The monoisotopic (exact) mass is 303 g/mol. The molecule has 0 aliphatic carbocycles. The zero-order valence-electron chi connectivity index (χ0n) is 12.7. The molecule has 0 amide bonds. The number of thioether (sulfide) groups is 1. The van der Waals surface area contributed by atoms with Crippen molar-refractivity contribution in [1.82, 2.24) is 0 Å². The third-order valence-electron chi connectivity index (χ3n) is 3.11. The second kappa shape index (κ2) is 7.84. The Bertz CT molecular complexity index is 570. The largest absolute Gasteiger partial charge is 0.493 e. The second-order valence-corrected chi connectivity index (χ2v) is 5.38. The van der Waals surface area contributed by atoms with Gasteiger partial charge in [0.1, 0.15) is 0 Å². The normalized spacial score (nSPS) is 10.2. The minimum atomic E-state index is 0.628. The first kappa shape index (κ1) is 15.6. The molecule has 2 aromatic rings. The van der Waals surface area contributed by atoms with E-state index in [2.05, 4.69) is 35.8 Å². The van der Waals surface area contributed by atoms with Gasteiger partial charge in [-0.3, -0.25) is 0 Å². The van der Waals surface area contributed by atoms with Gasteiger partial charge >= 0.3 is 0 Å². The van der Waals surface area contributed by atoms with Crippen LogP contribution < -0.4 is 14.8 Å². The molecule has 0 radical (unpaired) electrons. The van der Waals surface area contributed by atoms with E-state index in [0.29, 0.717) is 6.61 Å². The Labute approximate surface area is 130 Å². The molecular formula is C17H21NO2S. The van der Waals surface area contributed by atoms with Crippen molar-refractivity contribution in [2.75, 3.05) is 25.3 Å². The Morgan fingerprint density at radius 2 is 1.81 bits per heavy atom. The van der Waals surface area contributed by atoms with Crippen molar-refractivity contribution in [3.05, 3.63) is 48.0 Å². The summed E-state index contributed by atoms with van der Waals surface area (Å²) in [5, 5.41) is 3.41. The van der Waals surface area contributed by atoms with E-state index in [1.54, 1.807) is 18.9 Å². The topological polar surface area (TPSA) is 30.5 Å². The van der Waals surface area contributed by atoms with Crippen molar-refractivity contribution in [1.29, 1.82) is 0 Å². The smallest absolute Gasteiger partial charge is 0.161 e. The van der Waals surface area contributed by atoms with E-state index >= 15 is 0 Å². The zero-order chi connectivity index (χ0) is 15.1. The van der Waals surface area contributed by atoms with Crippen LogP contribution in [0.5, 0.6) is 11.5 Å². The van der Waals surface area contributed by atoms with Gasteiger partial charge in [0.25, 0.3) is 0 Å². The molecule has 0 atom stereocenters. The summed E-state index contributed by atoms with van der Waals surface area (Å²) in [6.07, 6.45) is 2.08. The maximum Gasteiger partial charge on any atom is 0.161 e. The fraction of sp³-hybridized carbons (Fsp3) is 0.294. The Morgan fingerprint density at radius 3 is 2.43 bits per heavy atom.